The molecular formula is C9H9IN4O2. The average Bonchev–Trinajstić information content (AvgIpc) is 2.76. The molecule has 0 fully saturated rings. The molecule has 2 aromatic heterocycles. The number of hydrogen-bond donors (Lipinski definition) is 1. The molecule has 84 valence electrons. The third kappa shape index (κ3) is 2.81. The summed E-state index contributed by atoms with van der Waals surface area (Å²) in [4.78, 5) is 11.5. The van der Waals surface area contributed by atoms with Crippen LogP contribution in [0.3, 0.4) is 0 Å². The van der Waals surface area contributed by atoms with Crippen LogP contribution in [-0.4, -0.2) is 20.8 Å². The van der Waals surface area contributed by atoms with Crippen LogP contribution in [0.5, 0.6) is 0 Å². The molecule has 1 N–H and O–H groups in total. The van der Waals surface area contributed by atoms with Gasteiger partial charge >= 0.3 is 0 Å². The van der Waals surface area contributed by atoms with Gasteiger partial charge in [-0.15, -0.1) is 0 Å². The Bertz CT molecular complexity index is 461. The van der Waals surface area contributed by atoms with Gasteiger partial charge in [0.1, 0.15) is 12.3 Å². The highest BCUT2D eigenvalue weighted by Gasteiger charge is 2.07. The predicted molar refractivity (Wildman–Crippen MR) is 64.8 cm³/mol. The van der Waals surface area contributed by atoms with Crippen LogP contribution < -0.4 is 5.32 Å². The smallest absolute Gasteiger partial charge is 0.247 e. The molecular weight excluding hydrogens is 323 g/mol. The molecule has 0 saturated heterocycles. The molecule has 0 saturated carbocycles. The van der Waals surface area contributed by atoms with Crippen LogP contribution in [0.1, 0.15) is 5.76 Å². The molecule has 0 aliphatic rings. The molecule has 0 spiro atoms. The predicted octanol–water partition coefficient (Wildman–Crippen LogP) is 1.42. The van der Waals surface area contributed by atoms with E-state index in [1.165, 1.54) is 0 Å². The molecule has 0 bridgehead atoms. The van der Waals surface area contributed by atoms with Gasteiger partial charge in [-0.05, 0) is 29.5 Å². The Morgan fingerprint density at radius 3 is 3.06 bits per heavy atom. The SMILES string of the molecule is Cc1cc(NC(=O)Cn2cc(I)cn2)no1. The third-order valence-corrected chi connectivity index (χ3v) is 2.36. The van der Waals surface area contributed by atoms with Crippen LogP contribution in [0, 0.1) is 10.5 Å². The van der Waals surface area contributed by atoms with Gasteiger partial charge in [0, 0.05) is 12.3 Å². The Labute approximate surface area is 105 Å². The summed E-state index contributed by atoms with van der Waals surface area (Å²) in [7, 11) is 0. The van der Waals surface area contributed by atoms with Crippen LogP contribution in [0.2, 0.25) is 0 Å². The topological polar surface area (TPSA) is 73.0 Å². The molecule has 2 heterocycles. The number of halogens is 1. The maximum atomic E-state index is 11.5. The van der Waals surface area contributed by atoms with Crippen LogP contribution in [0.4, 0.5) is 5.82 Å². The van der Waals surface area contributed by atoms with Crippen LogP contribution in [0.15, 0.2) is 23.0 Å². The fourth-order valence-electron chi connectivity index (χ4n) is 1.18. The summed E-state index contributed by atoms with van der Waals surface area (Å²) in [6.45, 7) is 1.92. The van der Waals surface area contributed by atoms with Crippen molar-refractivity contribution in [2.75, 3.05) is 5.32 Å². The molecule has 0 radical (unpaired) electrons. The zero-order valence-electron chi connectivity index (χ0n) is 8.48. The Morgan fingerprint density at radius 1 is 1.69 bits per heavy atom. The van der Waals surface area contributed by atoms with Crippen molar-refractivity contribution in [2.45, 2.75) is 13.5 Å². The number of amides is 1. The van der Waals surface area contributed by atoms with E-state index in [0.29, 0.717) is 11.6 Å². The zero-order chi connectivity index (χ0) is 11.5. The third-order valence-electron chi connectivity index (χ3n) is 1.80. The van der Waals surface area contributed by atoms with Gasteiger partial charge in [0.15, 0.2) is 5.82 Å². The lowest BCUT2D eigenvalue weighted by molar-refractivity contribution is -0.116. The Balaban J connectivity index is 1.94. The summed E-state index contributed by atoms with van der Waals surface area (Å²) in [6.07, 6.45) is 3.47. The maximum Gasteiger partial charge on any atom is 0.247 e. The molecule has 0 aliphatic carbocycles. The minimum Gasteiger partial charge on any atom is -0.360 e. The molecule has 16 heavy (non-hydrogen) atoms. The maximum absolute atomic E-state index is 11.5. The van der Waals surface area contributed by atoms with Gasteiger partial charge < -0.3 is 9.84 Å². The first kappa shape index (κ1) is 11.1. The molecule has 0 aromatic carbocycles. The fourth-order valence-corrected chi connectivity index (χ4v) is 1.63. The second-order valence-electron chi connectivity index (χ2n) is 3.23. The zero-order valence-corrected chi connectivity index (χ0v) is 10.6. The first-order valence-electron chi connectivity index (χ1n) is 4.54. The van der Waals surface area contributed by atoms with Gasteiger partial charge in [0.05, 0.1) is 9.77 Å². The number of carbonyl (C=O) groups excluding carboxylic acids is 1. The van der Waals surface area contributed by atoms with Crippen molar-refractivity contribution in [2.24, 2.45) is 0 Å². The van der Waals surface area contributed by atoms with Crippen molar-refractivity contribution in [1.82, 2.24) is 14.9 Å². The standard InChI is InChI=1S/C9H9IN4O2/c1-6-2-8(13-16-6)12-9(15)5-14-4-7(10)3-11-14/h2-4H,5H2,1H3,(H,12,13,15). The van der Waals surface area contributed by atoms with Gasteiger partial charge in [0.25, 0.3) is 0 Å². The quantitative estimate of drug-likeness (QED) is 0.863. The number of rotatable bonds is 3. The van der Waals surface area contributed by atoms with E-state index in [4.69, 9.17) is 4.52 Å². The Morgan fingerprint density at radius 2 is 2.50 bits per heavy atom. The van der Waals surface area contributed by atoms with E-state index < -0.39 is 0 Å². The van der Waals surface area contributed by atoms with E-state index in [1.54, 1.807) is 30.1 Å². The number of anilines is 1. The summed E-state index contributed by atoms with van der Waals surface area (Å²) < 4.78 is 7.38. The molecule has 0 atom stereocenters. The minimum atomic E-state index is -0.187. The summed E-state index contributed by atoms with van der Waals surface area (Å²) in [5.41, 5.74) is 0. The van der Waals surface area contributed by atoms with Gasteiger partial charge in [-0.25, -0.2) is 0 Å². The van der Waals surface area contributed by atoms with Gasteiger partial charge in [-0.3, -0.25) is 9.48 Å². The normalized spacial score (nSPS) is 10.4. The summed E-state index contributed by atoms with van der Waals surface area (Å²) in [5.74, 6) is 0.890. The summed E-state index contributed by atoms with van der Waals surface area (Å²) >= 11 is 2.13. The van der Waals surface area contributed by atoms with E-state index in [0.717, 1.165) is 3.57 Å². The molecule has 6 nitrogen and oxygen atoms in total. The molecule has 2 rings (SSSR count). The molecule has 1 amide bonds. The highest BCUT2D eigenvalue weighted by molar-refractivity contribution is 14.1. The largest absolute Gasteiger partial charge is 0.360 e. The minimum absolute atomic E-state index is 0.162. The lowest BCUT2D eigenvalue weighted by Crippen LogP contribution is -2.19. The van der Waals surface area contributed by atoms with Crippen molar-refractivity contribution < 1.29 is 9.32 Å². The highest BCUT2D eigenvalue weighted by atomic mass is 127. The van der Waals surface area contributed by atoms with Crippen molar-refractivity contribution in [3.05, 3.63) is 27.8 Å². The number of aryl methyl sites for hydroxylation is 1. The van der Waals surface area contributed by atoms with E-state index in [2.05, 4.69) is 38.2 Å². The number of nitrogens with one attached hydrogen (secondary N) is 1. The monoisotopic (exact) mass is 332 g/mol. The first-order valence-corrected chi connectivity index (χ1v) is 5.62. The van der Waals surface area contributed by atoms with Crippen LogP contribution >= 0.6 is 22.6 Å². The fraction of sp³-hybridized carbons (Fsp3) is 0.222. The van der Waals surface area contributed by atoms with E-state index in [9.17, 15) is 4.79 Å². The van der Waals surface area contributed by atoms with Gasteiger partial charge in [-0.1, -0.05) is 5.16 Å². The summed E-state index contributed by atoms with van der Waals surface area (Å²) in [6, 6.07) is 1.66. The molecule has 2 aromatic rings. The lowest BCUT2D eigenvalue weighted by Gasteiger charge is -2.00. The molecule has 7 heteroatoms. The first-order chi connectivity index (χ1) is 7.63. The second kappa shape index (κ2) is 4.64. The van der Waals surface area contributed by atoms with Crippen molar-refractivity contribution in [1.29, 1.82) is 0 Å². The Hall–Kier alpha value is -1.38. The van der Waals surface area contributed by atoms with Crippen molar-refractivity contribution in [3.63, 3.8) is 0 Å². The second-order valence-corrected chi connectivity index (χ2v) is 4.47. The van der Waals surface area contributed by atoms with E-state index in [1.807, 2.05) is 0 Å². The van der Waals surface area contributed by atoms with Gasteiger partial charge in [-0.2, -0.15) is 5.10 Å². The Kier molecular flexibility index (Phi) is 3.22. The number of carbonyl (C=O) groups is 1. The van der Waals surface area contributed by atoms with Crippen LogP contribution in [0.25, 0.3) is 0 Å². The molecule has 0 aliphatic heterocycles. The molecule has 0 unspecified atom stereocenters. The number of hydrogen-bond acceptors (Lipinski definition) is 4. The number of nitrogens with zero attached hydrogens (tertiary/aromatic N) is 3. The lowest BCUT2D eigenvalue weighted by atomic mass is 10.5. The van der Waals surface area contributed by atoms with E-state index >= 15 is 0 Å². The van der Waals surface area contributed by atoms with E-state index in [-0.39, 0.29) is 12.5 Å². The number of aromatic nitrogens is 3. The van der Waals surface area contributed by atoms with Crippen LogP contribution in [-0.2, 0) is 11.3 Å². The highest BCUT2D eigenvalue weighted by Crippen LogP contribution is 2.07. The summed E-state index contributed by atoms with van der Waals surface area (Å²) in [5, 5.41) is 10.3. The van der Waals surface area contributed by atoms with Crippen molar-refractivity contribution in [3.8, 4) is 0 Å². The average molecular weight is 332 g/mol. The van der Waals surface area contributed by atoms with Crippen molar-refractivity contribution >= 4 is 34.3 Å². The van der Waals surface area contributed by atoms with Gasteiger partial charge in [0.2, 0.25) is 5.91 Å².